The molecule has 3 rings (SSSR count). The molecule has 2 N–H and O–H groups in total. The Hall–Kier alpha value is -2.53. The summed E-state index contributed by atoms with van der Waals surface area (Å²) in [4.78, 5) is 12.0. The van der Waals surface area contributed by atoms with Crippen LogP contribution in [0.2, 0.25) is 0 Å². The van der Waals surface area contributed by atoms with Gasteiger partial charge in [-0.25, -0.2) is 22.2 Å². The molecule has 0 aliphatic carbocycles. The van der Waals surface area contributed by atoms with Gasteiger partial charge >= 0.3 is 6.03 Å². The molecule has 25 heavy (non-hydrogen) atoms. The largest absolute Gasteiger partial charge is 0.337 e. The summed E-state index contributed by atoms with van der Waals surface area (Å²) in [5, 5.41) is 16.7. The van der Waals surface area contributed by atoms with Crippen molar-refractivity contribution < 1.29 is 13.2 Å². The van der Waals surface area contributed by atoms with E-state index in [1.807, 2.05) is 6.07 Å². The summed E-state index contributed by atoms with van der Waals surface area (Å²) in [5.41, 5.74) is 1.36. The highest BCUT2D eigenvalue weighted by molar-refractivity contribution is 7.89. The Morgan fingerprint density at radius 2 is 2.20 bits per heavy atom. The fourth-order valence-electron chi connectivity index (χ4n) is 2.62. The molecule has 1 aliphatic rings. The monoisotopic (exact) mass is 365 g/mol. The molecule has 2 aromatic rings. The molecule has 2 heterocycles. The van der Waals surface area contributed by atoms with Crippen molar-refractivity contribution in [2.45, 2.75) is 6.42 Å². The van der Waals surface area contributed by atoms with Crippen LogP contribution in [0.1, 0.15) is 6.42 Å². The molecule has 0 bridgehead atoms. The SMILES string of the molecule is Cn1nnnc1-c1cccc(NC(=O)NCCN2CCCS2(=O)=O)c1. The van der Waals surface area contributed by atoms with Crippen LogP contribution in [-0.2, 0) is 17.1 Å². The molecule has 2 amide bonds. The van der Waals surface area contributed by atoms with Crippen molar-refractivity contribution in [1.29, 1.82) is 0 Å². The first-order valence-electron chi connectivity index (χ1n) is 7.81. The molecule has 0 unspecified atom stereocenters. The van der Waals surface area contributed by atoms with Crippen LogP contribution >= 0.6 is 0 Å². The molecule has 0 spiro atoms. The third kappa shape index (κ3) is 4.12. The fraction of sp³-hybridized carbons (Fsp3) is 0.429. The van der Waals surface area contributed by atoms with Crippen LogP contribution in [0.15, 0.2) is 24.3 Å². The van der Waals surface area contributed by atoms with E-state index in [0.29, 0.717) is 24.5 Å². The summed E-state index contributed by atoms with van der Waals surface area (Å²) in [6, 6.07) is 6.74. The normalized spacial score (nSPS) is 16.7. The number of nitrogens with zero attached hydrogens (tertiary/aromatic N) is 5. The van der Waals surface area contributed by atoms with Gasteiger partial charge in [-0.15, -0.1) is 5.10 Å². The topological polar surface area (TPSA) is 122 Å². The van der Waals surface area contributed by atoms with Crippen molar-refractivity contribution in [3.8, 4) is 11.4 Å². The highest BCUT2D eigenvalue weighted by Crippen LogP contribution is 2.19. The van der Waals surface area contributed by atoms with E-state index in [1.54, 1.807) is 25.2 Å². The number of anilines is 1. The summed E-state index contributed by atoms with van der Waals surface area (Å²) in [7, 11) is -1.41. The summed E-state index contributed by atoms with van der Waals surface area (Å²) < 4.78 is 26.3. The number of hydrogen-bond acceptors (Lipinski definition) is 6. The van der Waals surface area contributed by atoms with Crippen LogP contribution in [0.3, 0.4) is 0 Å². The predicted molar refractivity (Wildman–Crippen MR) is 91.2 cm³/mol. The minimum Gasteiger partial charge on any atom is -0.337 e. The van der Waals surface area contributed by atoms with Crippen molar-refractivity contribution in [2.75, 3.05) is 30.7 Å². The van der Waals surface area contributed by atoms with E-state index >= 15 is 0 Å². The Balaban J connectivity index is 1.54. The Morgan fingerprint density at radius 1 is 1.36 bits per heavy atom. The van der Waals surface area contributed by atoms with Gasteiger partial charge in [-0.05, 0) is 29.0 Å². The number of tetrazole rings is 1. The lowest BCUT2D eigenvalue weighted by Crippen LogP contribution is -2.37. The smallest absolute Gasteiger partial charge is 0.319 e. The number of aryl methyl sites for hydroxylation is 1. The average molecular weight is 365 g/mol. The van der Waals surface area contributed by atoms with Gasteiger partial charge in [-0.2, -0.15) is 0 Å². The van der Waals surface area contributed by atoms with Gasteiger partial charge in [0.25, 0.3) is 0 Å². The lowest BCUT2D eigenvalue weighted by Gasteiger charge is -2.14. The lowest BCUT2D eigenvalue weighted by molar-refractivity contribution is 0.251. The molecule has 1 aromatic heterocycles. The van der Waals surface area contributed by atoms with Crippen molar-refractivity contribution in [1.82, 2.24) is 29.8 Å². The molecule has 0 saturated carbocycles. The number of carbonyl (C=O) groups is 1. The van der Waals surface area contributed by atoms with Gasteiger partial charge in [0.15, 0.2) is 5.82 Å². The zero-order chi connectivity index (χ0) is 17.9. The van der Waals surface area contributed by atoms with Crippen LogP contribution in [-0.4, -0.2) is 64.3 Å². The highest BCUT2D eigenvalue weighted by Gasteiger charge is 2.27. The van der Waals surface area contributed by atoms with Crippen LogP contribution in [0.4, 0.5) is 10.5 Å². The number of sulfonamides is 1. The third-order valence-electron chi connectivity index (χ3n) is 3.85. The van der Waals surface area contributed by atoms with Gasteiger partial charge < -0.3 is 10.6 Å². The van der Waals surface area contributed by atoms with E-state index in [-0.39, 0.29) is 18.8 Å². The van der Waals surface area contributed by atoms with Gasteiger partial charge in [0.2, 0.25) is 10.0 Å². The number of aromatic nitrogens is 4. The molecule has 0 atom stereocenters. The zero-order valence-corrected chi connectivity index (χ0v) is 14.5. The molecule has 11 heteroatoms. The Labute approximate surface area is 145 Å². The summed E-state index contributed by atoms with van der Waals surface area (Å²) >= 11 is 0. The van der Waals surface area contributed by atoms with Crippen LogP contribution in [0.25, 0.3) is 11.4 Å². The van der Waals surface area contributed by atoms with Crippen LogP contribution in [0, 0.1) is 0 Å². The third-order valence-corrected chi connectivity index (χ3v) is 5.81. The Kier molecular flexibility index (Phi) is 4.95. The van der Waals surface area contributed by atoms with Crippen molar-refractivity contribution in [3.05, 3.63) is 24.3 Å². The number of hydrogen-bond donors (Lipinski definition) is 2. The van der Waals surface area contributed by atoms with Gasteiger partial charge in [0.1, 0.15) is 0 Å². The van der Waals surface area contributed by atoms with Gasteiger partial charge in [-0.3, -0.25) is 0 Å². The number of benzene rings is 1. The van der Waals surface area contributed by atoms with Crippen LogP contribution in [0.5, 0.6) is 0 Å². The number of rotatable bonds is 5. The quantitative estimate of drug-likeness (QED) is 0.771. The molecule has 10 nitrogen and oxygen atoms in total. The molecular weight excluding hydrogens is 346 g/mol. The number of amides is 2. The van der Waals surface area contributed by atoms with E-state index in [4.69, 9.17) is 0 Å². The second-order valence-corrected chi connectivity index (χ2v) is 7.74. The summed E-state index contributed by atoms with van der Waals surface area (Å²) in [6.45, 7) is 1.04. The van der Waals surface area contributed by atoms with Crippen molar-refractivity contribution >= 4 is 21.7 Å². The maximum Gasteiger partial charge on any atom is 0.319 e. The number of carbonyl (C=O) groups excluding carboxylic acids is 1. The number of nitrogens with one attached hydrogen (secondary N) is 2. The highest BCUT2D eigenvalue weighted by atomic mass is 32.2. The second-order valence-electron chi connectivity index (χ2n) is 5.66. The molecular formula is C14H19N7O3S. The standard InChI is InChI=1S/C14H19N7O3S/c1-20-13(17-18-19-20)11-4-2-5-12(10-11)16-14(22)15-6-8-21-7-3-9-25(21,23)24/h2,4-5,10H,3,6-9H2,1H3,(H2,15,16,22). The maximum absolute atomic E-state index is 12.0. The van der Waals surface area contributed by atoms with Crippen molar-refractivity contribution in [2.24, 2.45) is 7.05 Å². The van der Waals surface area contributed by atoms with Crippen LogP contribution < -0.4 is 10.6 Å². The first kappa shape index (κ1) is 17.3. The molecule has 1 aromatic carbocycles. The minimum absolute atomic E-state index is 0.183. The van der Waals surface area contributed by atoms with E-state index in [0.717, 1.165) is 5.56 Å². The minimum atomic E-state index is -3.14. The zero-order valence-electron chi connectivity index (χ0n) is 13.7. The molecule has 1 saturated heterocycles. The Morgan fingerprint density at radius 3 is 2.88 bits per heavy atom. The summed E-state index contributed by atoms with van der Waals surface area (Å²) in [5.74, 6) is 0.770. The molecule has 0 radical (unpaired) electrons. The van der Waals surface area contributed by atoms with Gasteiger partial charge in [-0.1, -0.05) is 12.1 Å². The molecule has 1 aliphatic heterocycles. The fourth-order valence-corrected chi connectivity index (χ4v) is 4.15. The second kappa shape index (κ2) is 7.15. The first-order chi connectivity index (χ1) is 12.0. The first-order valence-corrected chi connectivity index (χ1v) is 9.42. The van der Waals surface area contributed by atoms with E-state index < -0.39 is 16.1 Å². The van der Waals surface area contributed by atoms with Gasteiger partial charge in [0.05, 0.1) is 5.75 Å². The van der Waals surface area contributed by atoms with E-state index in [2.05, 4.69) is 26.2 Å². The van der Waals surface area contributed by atoms with E-state index in [1.165, 1.54) is 8.99 Å². The molecule has 134 valence electrons. The van der Waals surface area contributed by atoms with Crippen molar-refractivity contribution in [3.63, 3.8) is 0 Å². The number of urea groups is 1. The lowest BCUT2D eigenvalue weighted by atomic mass is 10.2. The molecule has 1 fully saturated rings. The van der Waals surface area contributed by atoms with Gasteiger partial charge in [0, 0.05) is 37.9 Å². The predicted octanol–water partition coefficient (Wildman–Crippen LogP) is 0.0341. The average Bonchev–Trinajstić information content (AvgIpc) is 3.13. The summed E-state index contributed by atoms with van der Waals surface area (Å²) in [6.07, 6.45) is 0.637. The van der Waals surface area contributed by atoms with E-state index in [9.17, 15) is 13.2 Å². The maximum atomic E-state index is 12.0. The Bertz CT molecular complexity index is 865.